The number of nitrogens with one attached hydrogen (secondary N) is 1. The highest BCUT2D eigenvalue weighted by Gasteiger charge is 2.66. The van der Waals surface area contributed by atoms with E-state index < -0.39 is 0 Å². The van der Waals surface area contributed by atoms with Gasteiger partial charge in [0.2, 0.25) is 5.91 Å². The van der Waals surface area contributed by atoms with Crippen LogP contribution in [0, 0.1) is 5.41 Å². The molecule has 0 heterocycles. The molecule has 1 fully saturated rings. The Hall–Kier alpha value is 0.390. The second kappa shape index (κ2) is 2.19. The van der Waals surface area contributed by atoms with E-state index in [1.807, 2.05) is 6.92 Å². The number of hydrogen-bond acceptors (Lipinski definition) is 2. The van der Waals surface area contributed by atoms with Crippen molar-refractivity contribution >= 4 is 37.8 Å². The van der Waals surface area contributed by atoms with Gasteiger partial charge in [-0.25, -0.2) is 5.84 Å². The lowest BCUT2D eigenvalue weighted by Gasteiger charge is -2.08. The third-order valence-electron chi connectivity index (χ3n) is 1.89. The van der Waals surface area contributed by atoms with E-state index in [4.69, 9.17) is 5.84 Å². The van der Waals surface area contributed by atoms with Crippen LogP contribution in [0.1, 0.15) is 13.3 Å². The molecule has 1 amide bonds. The fourth-order valence-electron chi connectivity index (χ4n) is 0.806. The average Bonchev–Trinajstić information content (AvgIpc) is 2.32. The molecule has 58 valence electrons. The number of alkyl halides is 2. The number of hydrazine groups is 1. The van der Waals surface area contributed by atoms with Crippen molar-refractivity contribution in [1.29, 1.82) is 0 Å². The van der Waals surface area contributed by atoms with Crippen molar-refractivity contribution in [3.05, 3.63) is 0 Å². The molecule has 3 N–H and O–H groups in total. The molecule has 1 aliphatic rings. The fraction of sp³-hybridized carbons (Fsp3) is 0.800. The molecular formula is C5H8Br2N2O. The third-order valence-corrected chi connectivity index (χ3v) is 4.20. The molecule has 10 heavy (non-hydrogen) atoms. The summed E-state index contributed by atoms with van der Waals surface area (Å²) in [5.74, 6) is 4.84. The minimum atomic E-state index is -0.387. The van der Waals surface area contributed by atoms with Gasteiger partial charge in [0.15, 0.2) is 0 Å². The van der Waals surface area contributed by atoms with E-state index in [1.54, 1.807) is 0 Å². The van der Waals surface area contributed by atoms with Crippen molar-refractivity contribution in [1.82, 2.24) is 5.43 Å². The van der Waals surface area contributed by atoms with Crippen molar-refractivity contribution in [3.8, 4) is 0 Å². The summed E-state index contributed by atoms with van der Waals surface area (Å²) in [5.41, 5.74) is 1.74. The molecule has 0 bridgehead atoms. The van der Waals surface area contributed by atoms with Crippen LogP contribution in [0.25, 0.3) is 0 Å². The molecule has 0 aromatic heterocycles. The molecule has 0 radical (unpaired) electrons. The van der Waals surface area contributed by atoms with Gasteiger partial charge in [0.25, 0.3) is 0 Å². The van der Waals surface area contributed by atoms with Gasteiger partial charge in [-0.15, -0.1) is 0 Å². The van der Waals surface area contributed by atoms with E-state index in [0.717, 1.165) is 6.42 Å². The standard InChI is InChI=1S/C5H8Br2N2O/c1-4(3(10)9-8)2-5(4,6)7/h2,8H2,1H3,(H,9,10). The number of hydrogen-bond donors (Lipinski definition) is 2. The van der Waals surface area contributed by atoms with Gasteiger partial charge in [-0.1, -0.05) is 31.9 Å². The summed E-state index contributed by atoms with van der Waals surface area (Å²) in [5, 5.41) is 0. The lowest BCUT2D eigenvalue weighted by atomic mass is 10.1. The number of halogens is 2. The Bertz CT molecular complexity index is 182. The quantitative estimate of drug-likeness (QED) is 0.322. The SMILES string of the molecule is CC1(C(=O)NN)CC1(Br)Br. The Morgan fingerprint density at radius 1 is 1.70 bits per heavy atom. The molecule has 0 spiro atoms. The van der Waals surface area contributed by atoms with E-state index in [9.17, 15) is 4.79 Å². The molecule has 0 aliphatic heterocycles. The molecule has 1 aliphatic carbocycles. The Morgan fingerprint density at radius 2 is 2.10 bits per heavy atom. The first kappa shape index (κ1) is 8.49. The minimum Gasteiger partial charge on any atom is -0.294 e. The molecule has 5 heteroatoms. The van der Waals surface area contributed by atoms with E-state index in [2.05, 4.69) is 37.3 Å². The van der Waals surface area contributed by atoms with Gasteiger partial charge in [0, 0.05) is 0 Å². The highest BCUT2D eigenvalue weighted by molar-refractivity contribution is 9.25. The zero-order valence-corrected chi connectivity index (χ0v) is 8.62. The first-order valence-corrected chi connectivity index (χ1v) is 4.41. The van der Waals surface area contributed by atoms with Crippen LogP contribution in [0.3, 0.4) is 0 Å². The number of rotatable bonds is 1. The Labute approximate surface area is 75.9 Å². The molecule has 0 aromatic carbocycles. The Kier molecular flexibility index (Phi) is 1.85. The number of carbonyl (C=O) groups excluding carboxylic acids is 1. The lowest BCUT2D eigenvalue weighted by Crippen LogP contribution is -2.37. The summed E-state index contributed by atoms with van der Waals surface area (Å²) in [6.45, 7) is 1.85. The lowest BCUT2D eigenvalue weighted by molar-refractivity contribution is -0.125. The van der Waals surface area contributed by atoms with Gasteiger partial charge >= 0.3 is 0 Å². The van der Waals surface area contributed by atoms with E-state index in [1.165, 1.54) is 0 Å². The summed E-state index contributed by atoms with van der Waals surface area (Å²) < 4.78 is -0.240. The van der Waals surface area contributed by atoms with Crippen LogP contribution < -0.4 is 11.3 Å². The predicted molar refractivity (Wildman–Crippen MR) is 45.6 cm³/mol. The highest BCUT2D eigenvalue weighted by Crippen LogP contribution is 2.66. The molecular weight excluding hydrogens is 264 g/mol. The zero-order valence-electron chi connectivity index (χ0n) is 5.45. The highest BCUT2D eigenvalue weighted by atomic mass is 79.9. The van der Waals surface area contributed by atoms with Crippen LogP contribution in [0.15, 0.2) is 0 Å². The fourth-order valence-corrected chi connectivity index (χ4v) is 2.29. The molecule has 0 saturated heterocycles. The monoisotopic (exact) mass is 270 g/mol. The number of nitrogens with two attached hydrogens (primary N) is 1. The first-order chi connectivity index (χ1) is 4.44. The van der Waals surface area contributed by atoms with Gasteiger partial charge in [0.05, 0.1) is 8.65 Å². The summed E-state index contributed by atoms with van der Waals surface area (Å²) in [6, 6.07) is 0. The van der Waals surface area contributed by atoms with E-state index >= 15 is 0 Å². The molecule has 1 atom stereocenters. The molecule has 1 unspecified atom stereocenters. The summed E-state index contributed by atoms with van der Waals surface area (Å²) in [6.07, 6.45) is 0.767. The van der Waals surface area contributed by atoms with Crippen LogP contribution in [0.4, 0.5) is 0 Å². The average molecular weight is 272 g/mol. The molecule has 1 rings (SSSR count). The van der Waals surface area contributed by atoms with Crippen molar-refractivity contribution in [2.24, 2.45) is 11.3 Å². The molecule has 3 nitrogen and oxygen atoms in total. The Morgan fingerprint density at radius 3 is 2.20 bits per heavy atom. The maximum absolute atomic E-state index is 11.0. The smallest absolute Gasteiger partial charge is 0.242 e. The van der Waals surface area contributed by atoms with Gasteiger partial charge in [-0.05, 0) is 13.3 Å². The van der Waals surface area contributed by atoms with Gasteiger partial charge in [-0.2, -0.15) is 0 Å². The normalized spacial score (nSPS) is 35.2. The van der Waals surface area contributed by atoms with Gasteiger partial charge in [-0.3, -0.25) is 10.2 Å². The maximum atomic E-state index is 11.0. The van der Waals surface area contributed by atoms with Crippen LogP contribution >= 0.6 is 31.9 Å². The zero-order chi connectivity index (χ0) is 7.99. The van der Waals surface area contributed by atoms with Crippen molar-refractivity contribution in [2.75, 3.05) is 0 Å². The van der Waals surface area contributed by atoms with E-state index in [0.29, 0.717) is 0 Å². The van der Waals surface area contributed by atoms with Crippen molar-refractivity contribution in [3.63, 3.8) is 0 Å². The van der Waals surface area contributed by atoms with Gasteiger partial charge < -0.3 is 0 Å². The summed E-state index contributed by atoms with van der Waals surface area (Å²) in [4.78, 5) is 11.0. The Balaban J connectivity index is 2.68. The first-order valence-electron chi connectivity index (χ1n) is 2.83. The van der Waals surface area contributed by atoms with Crippen LogP contribution in [0.2, 0.25) is 0 Å². The van der Waals surface area contributed by atoms with Crippen LogP contribution in [-0.4, -0.2) is 9.14 Å². The molecule has 1 saturated carbocycles. The topological polar surface area (TPSA) is 55.1 Å². The second-order valence-electron chi connectivity index (χ2n) is 2.69. The van der Waals surface area contributed by atoms with Crippen molar-refractivity contribution < 1.29 is 4.79 Å². The van der Waals surface area contributed by atoms with Gasteiger partial charge in [0.1, 0.15) is 0 Å². The largest absolute Gasteiger partial charge is 0.294 e. The minimum absolute atomic E-state index is 0.138. The summed E-state index contributed by atoms with van der Waals surface area (Å²) >= 11 is 6.70. The third kappa shape index (κ3) is 1.00. The number of amides is 1. The van der Waals surface area contributed by atoms with Crippen molar-refractivity contribution in [2.45, 2.75) is 16.6 Å². The summed E-state index contributed by atoms with van der Waals surface area (Å²) in [7, 11) is 0. The molecule has 0 aromatic rings. The maximum Gasteiger partial charge on any atom is 0.242 e. The predicted octanol–water partition coefficient (Wildman–Crippen LogP) is 0.872. The van der Waals surface area contributed by atoms with Crippen LogP contribution in [-0.2, 0) is 4.79 Å². The second-order valence-corrected chi connectivity index (χ2v) is 6.46. The number of carbonyl (C=O) groups is 1. The van der Waals surface area contributed by atoms with Crippen LogP contribution in [0.5, 0.6) is 0 Å². The van der Waals surface area contributed by atoms with E-state index in [-0.39, 0.29) is 14.6 Å².